The zero-order valence-corrected chi connectivity index (χ0v) is 17.2. The van der Waals surface area contributed by atoms with Gasteiger partial charge in [0.25, 0.3) is 0 Å². The Hall–Kier alpha value is -3.52. The van der Waals surface area contributed by atoms with E-state index in [-0.39, 0.29) is 12.4 Å². The molecule has 30 heavy (non-hydrogen) atoms. The Morgan fingerprint density at radius 2 is 1.47 bits per heavy atom. The van der Waals surface area contributed by atoms with E-state index in [9.17, 15) is 13.2 Å². The highest BCUT2D eigenvalue weighted by Gasteiger charge is 2.12. The highest BCUT2D eigenvalue weighted by molar-refractivity contribution is 7.91. The summed E-state index contributed by atoms with van der Waals surface area (Å²) in [5.41, 5.74) is 2.42. The van der Waals surface area contributed by atoms with E-state index in [0.717, 1.165) is 11.3 Å². The van der Waals surface area contributed by atoms with E-state index in [1.807, 2.05) is 18.2 Å². The normalized spacial score (nSPS) is 10.8. The minimum Gasteiger partial charge on any atom is -0.497 e. The standard InChI is InChI=1S/C22H22N2O5S/c1-28-21-13-7-17(8-14-21)15-29-22(25)23-19-9-11-20(12-10-19)24-30(26,27)16-18-5-3-2-4-6-18/h2-14,24H,15-16H2,1H3,(H,23,25). The summed E-state index contributed by atoms with van der Waals surface area (Å²) in [5.74, 6) is 0.605. The Balaban J connectivity index is 1.50. The van der Waals surface area contributed by atoms with E-state index < -0.39 is 16.1 Å². The molecule has 0 aromatic heterocycles. The molecule has 0 aliphatic carbocycles. The number of ether oxygens (including phenoxy) is 2. The Bertz CT molecular complexity index is 1070. The number of amides is 1. The SMILES string of the molecule is COc1ccc(COC(=O)Nc2ccc(NS(=O)(=O)Cc3ccccc3)cc2)cc1. The first-order chi connectivity index (χ1) is 14.4. The van der Waals surface area contributed by atoms with E-state index in [1.54, 1.807) is 67.8 Å². The lowest BCUT2D eigenvalue weighted by Crippen LogP contribution is -2.15. The summed E-state index contributed by atoms with van der Waals surface area (Å²) >= 11 is 0. The molecular formula is C22H22N2O5S. The molecule has 1 amide bonds. The zero-order valence-electron chi connectivity index (χ0n) is 16.4. The van der Waals surface area contributed by atoms with Crippen molar-refractivity contribution in [3.63, 3.8) is 0 Å². The third kappa shape index (κ3) is 6.52. The van der Waals surface area contributed by atoms with Crippen LogP contribution in [0.1, 0.15) is 11.1 Å². The number of hydrogen-bond donors (Lipinski definition) is 2. The van der Waals surface area contributed by atoms with Gasteiger partial charge in [-0.2, -0.15) is 0 Å². The summed E-state index contributed by atoms with van der Waals surface area (Å²) < 4.78 is 37.3. The maximum absolute atomic E-state index is 12.3. The van der Waals surface area contributed by atoms with Crippen molar-refractivity contribution in [1.29, 1.82) is 0 Å². The quantitative estimate of drug-likeness (QED) is 0.557. The van der Waals surface area contributed by atoms with Gasteiger partial charge < -0.3 is 9.47 Å². The molecule has 0 saturated carbocycles. The Labute approximate surface area is 175 Å². The van der Waals surface area contributed by atoms with Crippen molar-refractivity contribution < 1.29 is 22.7 Å². The molecule has 2 N–H and O–H groups in total. The molecule has 156 valence electrons. The molecule has 0 aliphatic rings. The highest BCUT2D eigenvalue weighted by Crippen LogP contribution is 2.17. The minimum atomic E-state index is -3.54. The van der Waals surface area contributed by atoms with Gasteiger partial charge in [-0.3, -0.25) is 10.0 Å². The molecule has 7 nitrogen and oxygen atoms in total. The van der Waals surface area contributed by atoms with Crippen LogP contribution in [-0.2, 0) is 27.1 Å². The fourth-order valence-electron chi connectivity index (χ4n) is 2.66. The van der Waals surface area contributed by atoms with E-state index >= 15 is 0 Å². The lowest BCUT2D eigenvalue weighted by Gasteiger charge is -2.10. The fraction of sp³-hybridized carbons (Fsp3) is 0.136. The van der Waals surface area contributed by atoms with Crippen molar-refractivity contribution in [2.45, 2.75) is 12.4 Å². The van der Waals surface area contributed by atoms with Crippen LogP contribution in [0.15, 0.2) is 78.9 Å². The molecule has 0 saturated heterocycles. The zero-order chi connectivity index (χ0) is 21.4. The first-order valence-electron chi connectivity index (χ1n) is 9.15. The van der Waals surface area contributed by atoms with Crippen molar-refractivity contribution >= 4 is 27.5 Å². The van der Waals surface area contributed by atoms with Crippen LogP contribution in [0.2, 0.25) is 0 Å². The molecule has 0 aliphatic heterocycles. The van der Waals surface area contributed by atoms with Crippen LogP contribution in [0, 0.1) is 0 Å². The topological polar surface area (TPSA) is 93.7 Å². The maximum Gasteiger partial charge on any atom is 0.411 e. The van der Waals surface area contributed by atoms with Crippen molar-refractivity contribution in [2.24, 2.45) is 0 Å². The number of sulfonamides is 1. The number of hydrogen-bond acceptors (Lipinski definition) is 5. The average molecular weight is 426 g/mol. The molecule has 3 aromatic carbocycles. The van der Waals surface area contributed by atoms with E-state index in [4.69, 9.17) is 9.47 Å². The largest absolute Gasteiger partial charge is 0.497 e. The first kappa shape index (κ1) is 21.2. The lowest BCUT2D eigenvalue weighted by molar-refractivity contribution is 0.155. The molecule has 0 fully saturated rings. The summed E-state index contributed by atoms with van der Waals surface area (Å²) in [5, 5.41) is 2.60. The van der Waals surface area contributed by atoms with Crippen LogP contribution in [-0.4, -0.2) is 21.6 Å². The second-order valence-electron chi connectivity index (χ2n) is 6.47. The monoisotopic (exact) mass is 426 g/mol. The molecule has 0 radical (unpaired) electrons. The maximum atomic E-state index is 12.3. The van der Waals surface area contributed by atoms with E-state index in [2.05, 4.69) is 10.0 Å². The van der Waals surface area contributed by atoms with Crippen LogP contribution in [0.4, 0.5) is 16.2 Å². The molecule has 0 atom stereocenters. The molecule has 0 heterocycles. The predicted molar refractivity (Wildman–Crippen MR) is 116 cm³/mol. The number of carbonyl (C=O) groups excluding carboxylic acids is 1. The fourth-order valence-corrected chi connectivity index (χ4v) is 3.85. The molecule has 8 heteroatoms. The van der Waals surface area contributed by atoms with E-state index in [0.29, 0.717) is 16.9 Å². The van der Waals surface area contributed by atoms with Crippen LogP contribution < -0.4 is 14.8 Å². The highest BCUT2D eigenvalue weighted by atomic mass is 32.2. The van der Waals surface area contributed by atoms with Crippen molar-refractivity contribution in [3.8, 4) is 5.75 Å². The van der Waals surface area contributed by atoms with Gasteiger partial charge in [0.1, 0.15) is 12.4 Å². The molecule has 3 rings (SSSR count). The van der Waals surface area contributed by atoms with Crippen LogP contribution >= 0.6 is 0 Å². The average Bonchev–Trinajstić information content (AvgIpc) is 2.74. The Morgan fingerprint density at radius 3 is 2.10 bits per heavy atom. The van der Waals surface area contributed by atoms with Crippen LogP contribution in [0.25, 0.3) is 0 Å². The summed E-state index contributed by atoms with van der Waals surface area (Å²) in [4.78, 5) is 12.0. The second-order valence-corrected chi connectivity index (χ2v) is 8.20. The third-order valence-corrected chi connectivity index (χ3v) is 5.39. The van der Waals surface area contributed by atoms with Gasteiger partial charge in [0.05, 0.1) is 12.9 Å². The second kappa shape index (κ2) is 9.80. The summed E-state index contributed by atoms with van der Waals surface area (Å²) in [6.45, 7) is 0.118. The Kier molecular flexibility index (Phi) is 6.92. The van der Waals surface area contributed by atoms with Gasteiger partial charge in [-0.25, -0.2) is 13.2 Å². The van der Waals surface area contributed by atoms with Gasteiger partial charge in [0, 0.05) is 11.4 Å². The number of anilines is 2. The number of carbonyl (C=O) groups is 1. The number of benzene rings is 3. The predicted octanol–water partition coefficient (Wildman–Crippen LogP) is 4.39. The molecule has 3 aromatic rings. The van der Waals surface area contributed by atoms with Gasteiger partial charge in [-0.15, -0.1) is 0 Å². The van der Waals surface area contributed by atoms with Crippen LogP contribution in [0.5, 0.6) is 5.75 Å². The van der Waals surface area contributed by atoms with Crippen molar-refractivity contribution in [2.75, 3.05) is 17.1 Å². The number of nitrogens with one attached hydrogen (secondary N) is 2. The van der Waals surface area contributed by atoms with Gasteiger partial charge in [0.2, 0.25) is 10.0 Å². The third-order valence-electron chi connectivity index (χ3n) is 4.13. The molecule has 0 unspecified atom stereocenters. The minimum absolute atomic E-state index is 0.118. The number of methoxy groups -OCH3 is 1. The summed E-state index contributed by atoms with van der Waals surface area (Å²) in [6.07, 6.45) is -0.608. The van der Waals surface area contributed by atoms with Crippen LogP contribution in [0.3, 0.4) is 0 Å². The summed E-state index contributed by atoms with van der Waals surface area (Å²) in [6, 6.07) is 22.4. The van der Waals surface area contributed by atoms with Gasteiger partial charge in [0.15, 0.2) is 0 Å². The van der Waals surface area contributed by atoms with Gasteiger partial charge >= 0.3 is 6.09 Å². The molecule has 0 spiro atoms. The van der Waals surface area contributed by atoms with Crippen molar-refractivity contribution in [1.82, 2.24) is 0 Å². The van der Waals surface area contributed by atoms with E-state index in [1.165, 1.54) is 0 Å². The number of rotatable bonds is 8. The Morgan fingerprint density at radius 1 is 0.833 bits per heavy atom. The van der Waals surface area contributed by atoms with Gasteiger partial charge in [-0.1, -0.05) is 42.5 Å². The summed E-state index contributed by atoms with van der Waals surface area (Å²) in [7, 11) is -1.96. The lowest BCUT2D eigenvalue weighted by atomic mass is 10.2. The molecule has 0 bridgehead atoms. The van der Waals surface area contributed by atoms with Gasteiger partial charge in [-0.05, 0) is 47.5 Å². The smallest absolute Gasteiger partial charge is 0.411 e. The molecular weight excluding hydrogens is 404 g/mol. The van der Waals surface area contributed by atoms with Crippen molar-refractivity contribution in [3.05, 3.63) is 90.0 Å². The first-order valence-corrected chi connectivity index (χ1v) is 10.8.